The molecule has 12 nitrogen and oxygen atoms in total. The van der Waals surface area contributed by atoms with Crippen LogP contribution >= 0.6 is 22.9 Å². The summed E-state index contributed by atoms with van der Waals surface area (Å²) < 4.78 is 11.1. The van der Waals surface area contributed by atoms with Crippen LogP contribution in [0.5, 0.6) is 5.75 Å². The molecule has 2 aliphatic rings. The van der Waals surface area contributed by atoms with Gasteiger partial charge in [0.25, 0.3) is 5.91 Å². The lowest BCUT2D eigenvalue weighted by atomic mass is 10.1. The van der Waals surface area contributed by atoms with E-state index in [-0.39, 0.29) is 25.0 Å². The number of piperazine rings is 1. The summed E-state index contributed by atoms with van der Waals surface area (Å²) in [5.41, 5.74) is 3.41. The molecule has 1 fully saturated rings. The molecule has 6 rings (SSSR count). The van der Waals surface area contributed by atoms with E-state index >= 15 is 0 Å². The number of aromatic nitrogens is 3. The Labute approximate surface area is 267 Å². The van der Waals surface area contributed by atoms with Crippen molar-refractivity contribution in [2.45, 2.75) is 19.6 Å². The second kappa shape index (κ2) is 12.5. The highest BCUT2D eigenvalue weighted by atomic mass is 35.5. The highest BCUT2D eigenvalue weighted by molar-refractivity contribution is 7.17. The van der Waals surface area contributed by atoms with E-state index in [0.717, 1.165) is 22.5 Å². The molecular formula is C31H28ClN7O5S. The summed E-state index contributed by atoms with van der Waals surface area (Å²) in [6, 6.07) is 10.2. The molecule has 0 bridgehead atoms. The minimum absolute atomic E-state index is 0.0380. The van der Waals surface area contributed by atoms with Crippen molar-refractivity contribution in [3.63, 3.8) is 0 Å². The third-order valence-corrected chi connectivity index (χ3v) is 8.74. The molecule has 0 radical (unpaired) electrons. The third kappa shape index (κ3) is 6.04. The fraction of sp³-hybridized carbons (Fsp3) is 0.226. The Balaban J connectivity index is 1.23. The number of carbonyl (C=O) groups excluding carboxylic acids is 3. The van der Waals surface area contributed by atoms with Gasteiger partial charge in [-0.15, -0.1) is 0 Å². The average Bonchev–Trinajstić information content (AvgIpc) is 3.48. The number of esters is 1. The van der Waals surface area contributed by atoms with Crippen molar-refractivity contribution in [1.29, 1.82) is 0 Å². The number of anilines is 4. The number of nitrogens with zero attached hydrogens (tertiary/aromatic N) is 5. The van der Waals surface area contributed by atoms with E-state index in [2.05, 4.69) is 22.2 Å². The van der Waals surface area contributed by atoms with Crippen molar-refractivity contribution in [2.24, 2.45) is 0 Å². The van der Waals surface area contributed by atoms with Crippen molar-refractivity contribution in [1.82, 2.24) is 19.9 Å². The Kier molecular flexibility index (Phi) is 8.37. The van der Waals surface area contributed by atoms with Gasteiger partial charge in [0.2, 0.25) is 5.91 Å². The first-order chi connectivity index (χ1) is 21.7. The fourth-order valence-corrected chi connectivity index (χ4v) is 6.17. The van der Waals surface area contributed by atoms with Crippen LogP contribution in [0, 0.1) is 6.92 Å². The maximum Gasteiger partial charge on any atom is 0.331 e. The third-order valence-electron chi connectivity index (χ3n) is 7.51. The molecular weight excluding hydrogens is 618 g/mol. The van der Waals surface area contributed by atoms with Crippen molar-refractivity contribution in [3.8, 4) is 17.0 Å². The summed E-state index contributed by atoms with van der Waals surface area (Å²) in [4.78, 5) is 55.6. The summed E-state index contributed by atoms with van der Waals surface area (Å²) in [6.07, 6.45) is 4.41. The fourth-order valence-electron chi connectivity index (χ4n) is 5.19. The SMILES string of the molecule is C=CC(=O)N1CCN2c3ncc(-c4ccc(OC)c(Nc5ncc(C(=O)Nc6c(C)cccc6Cl)s5)n4)cc3COC(=O)C2C1. The highest BCUT2D eigenvalue weighted by Gasteiger charge is 2.38. The van der Waals surface area contributed by atoms with Crippen LogP contribution in [0.2, 0.25) is 5.02 Å². The molecule has 0 spiro atoms. The number of amides is 2. The molecule has 230 valence electrons. The predicted molar refractivity (Wildman–Crippen MR) is 171 cm³/mol. The second-order valence-corrected chi connectivity index (χ2v) is 11.7. The zero-order chi connectivity index (χ0) is 31.7. The van der Waals surface area contributed by atoms with Crippen LogP contribution in [0.15, 0.2) is 61.4 Å². The maximum absolute atomic E-state index is 12.9. The number of halogens is 1. The standard InChI is InChI=1S/C31H28ClN7O5S/c1-4-25(40)38-10-11-39-22(15-38)30(42)44-16-19-12-18(13-33-28(19)39)21-8-9-23(43-3)27(35-21)37-31-34-14-24(45-31)29(41)36-26-17(2)6-5-7-20(26)32/h4-9,12-14,22H,1,10-11,15-16H2,2-3H3,(H,36,41)(H,34,35,37). The first kappa shape index (κ1) is 30.0. The molecule has 4 aromatic rings. The minimum Gasteiger partial charge on any atom is -0.493 e. The number of thiazole rings is 1. The lowest BCUT2D eigenvalue weighted by Crippen LogP contribution is -2.57. The van der Waals surface area contributed by atoms with Gasteiger partial charge in [-0.05, 0) is 42.8 Å². The van der Waals surface area contributed by atoms with Crippen molar-refractivity contribution in [3.05, 3.63) is 82.5 Å². The molecule has 1 atom stereocenters. The Bertz CT molecular complexity index is 1810. The summed E-state index contributed by atoms with van der Waals surface area (Å²) in [6.45, 7) is 6.51. The molecule has 2 N–H and O–H groups in total. The predicted octanol–water partition coefficient (Wildman–Crippen LogP) is 4.83. The first-order valence-electron chi connectivity index (χ1n) is 13.9. The summed E-state index contributed by atoms with van der Waals surface area (Å²) in [5, 5.41) is 6.89. The van der Waals surface area contributed by atoms with Gasteiger partial charge in [-0.2, -0.15) is 0 Å². The van der Waals surface area contributed by atoms with Gasteiger partial charge in [0.05, 0.1) is 36.3 Å². The number of hydrogen-bond donors (Lipinski definition) is 2. The van der Waals surface area contributed by atoms with Crippen molar-refractivity contribution < 1.29 is 23.9 Å². The van der Waals surface area contributed by atoms with Gasteiger partial charge in [0.1, 0.15) is 23.3 Å². The van der Waals surface area contributed by atoms with Gasteiger partial charge < -0.3 is 29.9 Å². The van der Waals surface area contributed by atoms with Crippen molar-refractivity contribution in [2.75, 3.05) is 42.3 Å². The maximum atomic E-state index is 12.9. The van der Waals surface area contributed by atoms with Crippen LogP contribution < -0.4 is 20.3 Å². The number of para-hydroxylation sites is 1. The zero-order valence-corrected chi connectivity index (χ0v) is 25.9. The van der Waals surface area contributed by atoms with Gasteiger partial charge >= 0.3 is 5.97 Å². The monoisotopic (exact) mass is 645 g/mol. The summed E-state index contributed by atoms with van der Waals surface area (Å²) >= 11 is 7.42. The van der Waals surface area contributed by atoms with Crippen LogP contribution in [-0.2, 0) is 20.9 Å². The number of hydrogen-bond acceptors (Lipinski definition) is 11. The van der Waals surface area contributed by atoms with E-state index in [9.17, 15) is 14.4 Å². The molecule has 1 aromatic carbocycles. The normalized spacial score (nSPS) is 15.7. The number of aryl methyl sites for hydroxylation is 1. The molecule has 0 saturated carbocycles. The van der Waals surface area contributed by atoms with Crippen LogP contribution in [-0.4, -0.2) is 70.4 Å². The minimum atomic E-state index is -0.656. The smallest absolute Gasteiger partial charge is 0.331 e. The number of pyridine rings is 2. The number of ether oxygens (including phenoxy) is 2. The quantitative estimate of drug-likeness (QED) is 0.212. The molecule has 0 aliphatic carbocycles. The highest BCUT2D eigenvalue weighted by Crippen LogP contribution is 2.34. The number of benzene rings is 1. The number of cyclic esters (lactones) is 1. The lowest BCUT2D eigenvalue weighted by molar-refractivity contribution is -0.147. The molecule has 5 heterocycles. The molecule has 2 aliphatic heterocycles. The van der Waals surface area contributed by atoms with E-state index < -0.39 is 12.0 Å². The van der Waals surface area contributed by atoms with Crippen LogP contribution in [0.4, 0.5) is 22.5 Å². The number of rotatable bonds is 7. The van der Waals surface area contributed by atoms with Crippen LogP contribution in [0.25, 0.3) is 11.3 Å². The molecule has 1 unspecified atom stereocenters. The van der Waals surface area contributed by atoms with E-state index in [1.807, 2.05) is 30.0 Å². The summed E-state index contributed by atoms with van der Waals surface area (Å²) in [7, 11) is 1.53. The molecule has 45 heavy (non-hydrogen) atoms. The van der Waals surface area contributed by atoms with E-state index in [1.165, 1.54) is 19.4 Å². The molecule has 3 aromatic heterocycles. The van der Waals surface area contributed by atoms with Gasteiger partial charge in [0.15, 0.2) is 16.7 Å². The topological polar surface area (TPSA) is 139 Å². The Hall–Kier alpha value is -5.01. The second-order valence-electron chi connectivity index (χ2n) is 10.3. The Morgan fingerprint density at radius 1 is 1.20 bits per heavy atom. The number of fused-ring (bicyclic) bond motifs is 3. The van der Waals surface area contributed by atoms with E-state index in [0.29, 0.717) is 62.5 Å². The largest absolute Gasteiger partial charge is 0.493 e. The first-order valence-corrected chi connectivity index (χ1v) is 15.1. The van der Waals surface area contributed by atoms with Crippen molar-refractivity contribution >= 4 is 63.2 Å². The summed E-state index contributed by atoms with van der Waals surface area (Å²) in [5.74, 6) is 0.518. The van der Waals surface area contributed by atoms with E-state index in [1.54, 1.807) is 29.3 Å². The molecule has 2 amide bonds. The average molecular weight is 646 g/mol. The Morgan fingerprint density at radius 2 is 2.04 bits per heavy atom. The van der Waals surface area contributed by atoms with Crippen LogP contribution in [0.1, 0.15) is 20.8 Å². The van der Waals surface area contributed by atoms with Gasteiger partial charge in [-0.25, -0.2) is 19.7 Å². The zero-order valence-electron chi connectivity index (χ0n) is 24.4. The number of methoxy groups -OCH3 is 1. The Morgan fingerprint density at radius 3 is 2.82 bits per heavy atom. The molecule has 14 heteroatoms. The van der Waals surface area contributed by atoms with E-state index in [4.69, 9.17) is 31.0 Å². The lowest BCUT2D eigenvalue weighted by Gasteiger charge is -2.39. The molecule has 1 saturated heterocycles. The van der Waals surface area contributed by atoms with Crippen LogP contribution in [0.3, 0.4) is 0 Å². The number of carbonyl (C=O) groups is 3. The van der Waals surface area contributed by atoms with Gasteiger partial charge in [0, 0.05) is 30.4 Å². The van der Waals surface area contributed by atoms with Gasteiger partial charge in [-0.1, -0.05) is 41.6 Å². The number of nitrogens with one attached hydrogen (secondary N) is 2. The van der Waals surface area contributed by atoms with Gasteiger partial charge in [-0.3, -0.25) is 9.59 Å².